The Morgan fingerprint density at radius 1 is 1.15 bits per heavy atom. The first kappa shape index (κ1) is 19.2. The lowest BCUT2D eigenvalue weighted by Gasteiger charge is -2.32. The van der Waals surface area contributed by atoms with Crippen LogP contribution in [0.15, 0.2) is 58.4 Å². The van der Waals surface area contributed by atoms with Crippen molar-refractivity contribution in [3.8, 4) is 5.75 Å². The summed E-state index contributed by atoms with van der Waals surface area (Å²) in [6.07, 6.45) is -4.42. The first-order chi connectivity index (χ1) is 12.6. The van der Waals surface area contributed by atoms with Gasteiger partial charge in [0.2, 0.25) is 0 Å². The first-order valence-electron chi connectivity index (χ1n) is 7.98. The number of rotatable bonds is 4. The Hall–Kier alpha value is -2.59. The number of fused-ring (bicyclic) bond motifs is 1. The first-order valence-corrected chi connectivity index (χ1v) is 9.42. The maximum absolute atomic E-state index is 13.1. The number of anilines is 1. The SMILES string of the molecule is CCC(N)C1=Nc2ccccc2S(=O)(=O)N1c1ccc(OC(F)(F)F)cc1. The number of hydrogen-bond donors (Lipinski definition) is 1. The van der Waals surface area contributed by atoms with E-state index in [4.69, 9.17) is 5.73 Å². The quantitative estimate of drug-likeness (QED) is 0.852. The van der Waals surface area contributed by atoms with Crippen LogP contribution in [0.4, 0.5) is 24.5 Å². The highest BCUT2D eigenvalue weighted by Gasteiger charge is 2.37. The third-order valence-corrected chi connectivity index (χ3v) is 5.68. The molecule has 3 rings (SSSR count). The van der Waals surface area contributed by atoms with Crippen LogP contribution in [0.25, 0.3) is 0 Å². The van der Waals surface area contributed by atoms with Gasteiger partial charge >= 0.3 is 6.36 Å². The van der Waals surface area contributed by atoms with E-state index >= 15 is 0 Å². The van der Waals surface area contributed by atoms with E-state index < -0.39 is 28.2 Å². The van der Waals surface area contributed by atoms with Gasteiger partial charge in [0.15, 0.2) is 0 Å². The standard InChI is InChI=1S/C17H16F3N3O3S/c1-2-13(21)16-22-14-5-3-4-6-15(14)27(24,25)23(16)11-7-9-12(10-8-11)26-17(18,19)20/h3-10,13H,2,21H2,1H3. The summed E-state index contributed by atoms with van der Waals surface area (Å²) in [5.41, 5.74) is 6.44. The number of ether oxygens (including phenoxy) is 1. The van der Waals surface area contributed by atoms with E-state index in [2.05, 4.69) is 9.73 Å². The molecule has 144 valence electrons. The fourth-order valence-corrected chi connectivity index (χ4v) is 4.28. The molecule has 0 bridgehead atoms. The van der Waals surface area contributed by atoms with Gasteiger partial charge in [-0.25, -0.2) is 17.7 Å². The summed E-state index contributed by atoms with van der Waals surface area (Å²) in [4.78, 5) is 4.37. The average molecular weight is 399 g/mol. The van der Waals surface area contributed by atoms with E-state index in [-0.39, 0.29) is 22.1 Å². The van der Waals surface area contributed by atoms with Crippen LogP contribution in [-0.2, 0) is 10.0 Å². The molecule has 1 aliphatic rings. The van der Waals surface area contributed by atoms with E-state index in [0.29, 0.717) is 6.42 Å². The Morgan fingerprint density at radius 2 is 1.78 bits per heavy atom. The summed E-state index contributed by atoms with van der Waals surface area (Å²) in [6, 6.07) is 10.0. The van der Waals surface area contributed by atoms with Crippen LogP contribution < -0.4 is 14.8 Å². The number of nitrogens with two attached hydrogens (primary N) is 1. The molecule has 0 saturated carbocycles. The highest BCUT2D eigenvalue weighted by molar-refractivity contribution is 7.93. The van der Waals surface area contributed by atoms with Crippen molar-refractivity contribution in [3.05, 3.63) is 48.5 Å². The fraction of sp³-hybridized carbons (Fsp3) is 0.235. The van der Waals surface area contributed by atoms with Crippen molar-refractivity contribution < 1.29 is 26.3 Å². The van der Waals surface area contributed by atoms with Crippen LogP contribution >= 0.6 is 0 Å². The van der Waals surface area contributed by atoms with E-state index in [9.17, 15) is 21.6 Å². The Bertz CT molecular complexity index is 973. The summed E-state index contributed by atoms with van der Waals surface area (Å²) < 4.78 is 68.0. The molecule has 0 radical (unpaired) electrons. The third kappa shape index (κ3) is 3.76. The molecule has 1 atom stereocenters. The van der Waals surface area contributed by atoms with E-state index in [1.54, 1.807) is 25.1 Å². The molecule has 0 fully saturated rings. The summed E-state index contributed by atoms with van der Waals surface area (Å²) in [5, 5.41) is 0. The second kappa shape index (κ2) is 6.86. The molecule has 0 saturated heterocycles. The van der Waals surface area contributed by atoms with Gasteiger partial charge in [0.1, 0.15) is 16.5 Å². The van der Waals surface area contributed by atoms with Crippen LogP contribution in [0.3, 0.4) is 0 Å². The molecule has 0 spiro atoms. The van der Waals surface area contributed by atoms with E-state index in [0.717, 1.165) is 16.4 Å². The van der Waals surface area contributed by atoms with Crippen molar-refractivity contribution >= 4 is 27.2 Å². The summed E-state index contributed by atoms with van der Waals surface area (Å²) in [5.74, 6) is -0.361. The lowest BCUT2D eigenvalue weighted by molar-refractivity contribution is -0.274. The minimum Gasteiger partial charge on any atom is -0.406 e. The van der Waals surface area contributed by atoms with Crippen LogP contribution in [0, 0.1) is 0 Å². The minimum absolute atomic E-state index is 0.00679. The molecule has 0 aromatic heterocycles. The van der Waals surface area contributed by atoms with Gasteiger partial charge < -0.3 is 10.5 Å². The fourth-order valence-electron chi connectivity index (χ4n) is 2.63. The molecule has 2 aromatic rings. The Labute approximate surface area is 154 Å². The molecule has 2 N–H and O–H groups in total. The van der Waals surface area contributed by atoms with Gasteiger partial charge in [-0.3, -0.25) is 0 Å². The van der Waals surface area contributed by atoms with Crippen molar-refractivity contribution in [2.24, 2.45) is 10.7 Å². The lowest BCUT2D eigenvalue weighted by atomic mass is 10.2. The maximum atomic E-state index is 13.1. The van der Waals surface area contributed by atoms with Gasteiger partial charge in [-0.1, -0.05) is 19.1 Å². The molecule has 6 nitrogen and oxygen atoms in total. The van der Waals surface area contributed by atoms with Gasteiger partial charge in [-0.15, -0.1) is 13.2 Å². The molecule has 1 aliphatic heterocycles. The number of nitrogens with zero attached hydrogens (tertiary/aromatic N) is 2. The number of alkyl halides is 3. The van der Waals surface area contributed by atoms with Crippen molar-refractivity contribution in [1.82, 2.24) is 0 Å². The van der Waals surface area contributed by atoms with E-state index in [1.807, 2.05) is 0 Å². The number of para-hydroxylation sites is 1. The molecule has 10 heteroatoms. The van der Waals surface area contributed by atoms with Crippen molar-refractivity contribution in [2.75, 3.05) is 4.31 Å². The number of aliphatic imine (C=N–C) groups is 1. The molecule has 1 unspecified atom stereocenters. The molecule has 0 amide bonds. The van der Waals surface area contributed by atoms with Crippen molar-refractivity contribution in [1.29, 1.82) is 0 Å². The monoisotopic (exact) mass is 399 g/mol. The number of halogens is 3. The summed E-state index contributed by atoms with van der Waals surface area (Å²) in [7, 11) is -4.03. The van der Waals surface area contributed by atoms with Crippen LogP contribution in [0.1, 0.15) is 13.3 Å². The van der Waals surface area contributed by atoms with Crippen molar-refractivity contribution in [2.45, 2.75) is 30.6 Å². The number of benzene rings is 2. The van der Waals surface area contributed by atoms with Crippen molar-refractivity contribution in [3.63, 3.8) is 0 Å². The highest BCUT2D eigenvalue weighted by atomic mass is 32.2. The minimum atomic E-state index is -4.84. The van der Waals surface area contributed by atoms with Gasteiger partial charge in [0.25, 0.3) is 10.0 Å². The average Bonchev–Trinajstić information content (AvgIpc) is 2.60. The molecule has 27 heavy (non-hydrogen) atoms. The Balaban J connectivity index is 2.10. The number of sulfonamides is 1. The zero-order chi connectivity index (χ0) is 19.8. The van der Waals surface area contributed by atoms with Gasteiger partial charge in [-0.2, -0.15) is 0 Å². The van der Waals surface area contributed by atoms with Gasteiger partial charge in [0.05, 0.1) is 17.4 Å². The van der Waals surface area contributed by atoms with E-state index in [1.165, 1.54) is 18.2 Å². The van der Waals surface area contributed by atoms with Crippen LogP contribution in [-0.4, -0.2) is 26.7 Å². The third-order valence-electron chi connectivity index (χ3n) is 3.90. The molecular weight excluding hydrogens is 383 g/mol. The Kier molecular flexibility index (Phi) is 4.87. The van der Waals surface area contributed by atoms with Crippen LogP contribution in [0.5, 0.6) is 5.75 Å². The highest BCUT2D eigenvalue weighted by Crippen LogP contribution is 2.36. The predicted octanol–water partition coefficient (Wildman–Crippen LogP) is 3.56. The summed E-state index contributed by atoms with van der Waals surface area (Å²) in [6.45, 7) is 1.78. The molecule has 2 aromatic carbocycles. The van der Waals surface area contributed by atoms with Gasteiger partial charge in [-0.05, 0) is 42.8 Å². The number of hydrogen-bond acceptors (Lipinski definition) is 5. The second-order valence-corrected chi connectivity index (χ2v) is 7.52. The molecule has 1 heterocycles. The predicted molar refractivity (Wildman–Crippen MR) is 94.6 cm³/mol. The Morgan fingerprint density at radius 3 is 2.37 bits per heavy atom. The molecular formula is C17H16F3N3O3S. The zero-order valence-corrected chi connectivity index (χ0v) is 15.0. The zero-order valence-electron chi connectivity index (χ0n) is 14.1. The number of amidine groups is 1. The lowest BCUT2D eigenvalue weighted by Crippen LogP contribution is -2.48. The molecule has 0 aliphatic carbocycles. The smallest absolute Gasteiger partial charge is 0.406 e. The van der Waals surface area contributed by atoms with Gasteiger partial charge in [0, 0.05) is 0 Å². The van der Waals surface area contributed by atoms with Crippen LogP contribution in [0.2, 0.25) is 0 Å². The largest absolute Gasteiger partial charge is 0.573 e. The summed E-state index contributed by atoms with van der Waals surface area (Å²) >= 11 is 0. The second-order valence-electron chi connectivity index (χ2n) is 5.76. The topological polar surface area (TPSA) is 85.0 Å². The normalized spacial score (nSPS) is 17.1. The maximum Gasteiger partial charge on any atom is 0.573 e.